The SMILES string of the molecule is C=CC1CC1(C(=O)OCC[N+](C)(C)C)C(=O)OCC[N+](C)(C)C.[Cl-].[Cl-]. The maximum atomic E-state index is 12.4. The molecule has 0 radical (unpaired) electrons. The Balaban J connectivity index is 0. The quantitative estimate of drug-likeness (QED) is 0.168. The topological polar surface area (TPSA) is 52.6 Å². The summed E-state index contributed by atoms with van der Waals surface area (Å²) in [6, 6.07) is 0. The first kappa shape index (κ1) is 26.4. The largest absolute Gasteiger partial charge is 1.00 e. The van der Waals surface area contributed by atoms with Crippen LogP contribution in [-0.4, -0.2) is 89.5 Å². The minimum Gasteiger partial charge on any atom is -1.00 e. The van der Waals surface area contributed by atoms with Gasteiger partial charge in [-0.25, -0.2) is 0 Å². The van der Waals surface area contributed by atoms with E-state index in [0.29, 0.717) is 41.7 Å². The molecule has 0 spiro atoms. The smallest absolute Gasteiger partial charge is 0.324 e. The van der Waals surface area contributed by atoms with Crippen molar-refractivity contribution in [3.05, 3.63) is 12.7 Å². The van der Waals surface area contributed by atoms with Crippen LogP contribution in [0.25, 0.3) is 0 Å². The van der Waals surface area contributed by atoms with Crippen LogP contribution in [0.3, 0.4) is 0 Å². The van der Waals surface area contributed by atoms with E-state index in [1.54, 1.807) is 6.08 Å². The van der Waals surface area contributed by atoms with Crippen molar-refractivity contribution in [2.75, 3.05) is 68.6 Å². The van der Waals surface area contributed by atoms with Gasteiger partial charge >= 0.3 is 11.9 Å². The molecule has 0 aromatic carbocycles. The number of carbonyl (C=O) groups excluding carboxylic acids is 2. The fraction of sp³-hybridized carbons (Fsp3) is 0.765. The lowest BCUT2D eigenvalue weighted by Crippen LogP contribution is -3.00. The van der Waals surface area contributed by atoms with Crippen molar-refractivity contribution in [2.45, 2.75) is 6.42 Å². The molecule has 25 heavy (non-hydrogen) atoms. The van der Waals surface area contributed by atoms with Gasteiger partial charge in [-0.3, -0.25) is 9.59 Å². The molecular formula is C17H32Cl2N2O4. The number of rotatable bonds is 9. The van der Waals surface area contributed by atoms with Gasteiger partial charge in [0, 0.05) is 5.92 Å². The van der Waals surface area contributed by atoms with Crippen LogP contribution in [0.1, 0.15) is 6.42 Å². The van der Waals surface area contributed by atoms with E-state index in [1.807, 2.05) is 42.3 Å². The number of esters is 2. The summed E-state index contributed by atoms with van der Waals surface area (Å²) in [6.45, 7) is 5.67. The van der Waals surface area contributed by atoms with Crippen LogP contribution < -0.4 is 24.8 Å². The predicted molar refractivity (Wildman–Crippen MR) is 88.5 cm³/mol. The number of allylic oxidation sites excluding steroid dienone is 1. The summed E-state index contributed by atoms with van der Waals surface area (Å²) < 4.78 is 12.1. The Hall–Kier alpha value is -0.820. The second-order valence-electron chi connectivity index (χ2n) is 8.32. The molecule has 6 nitrogen and oxygen atoms in total. The van der Waals surface area contributed by atoms with E-state index < -0.39 is 17.4 Å². The molecule has 8 heteroatoms. The minimum absolute atomic E-state index is 0. The number of hydrogen-bond donors (Lipinski definition) is 0. The van der Waals surface area contributed by atoms with E-state index in [1.165, 1.54) is 0 Å². The molecule has 1 atom stereocenters. The van der Waals surface area contributed by atoms with Crippen LogP contribution in [0.5, 0.6) is 0 Å². The first-order valence-electron chi connectivity index (χ1n) is 8.00. The zero-order chi connectivity index (χ0) is 17.9. The van der Waals surface area contributed by atoms with Crippen molar-refractivity contribution in [2.24, 2.45) is 11.3 Å². The van der Waals surface area contributed by atoms with E-state index in [9.17, 15) is 9.59 Å². The van der Waals surface area contributed by atoms with Crippen LogP contribution in [0.2, 0.25) is 0 Å². The molecule has 1 aliphatic carbocycles. The zero-order valence-electron chi connectivity index (χ0n) is 16.2. The molecule has 1 unspecified atom stereocenters. The van der Waals surface area contributed by atoms with E-state index in [2.05, 4.69) is 6.58 Å². The molecule has 0 saturated heterocycles. The molecule has 0 amide bonds. The highest BCUT2D eigenvalue weighted by molar-refractivity contribution is 6.04. The van der Waals surface area contributed by atoms with Crippen molar-refractivity contribution < 1.29 is 52.8 Å². The second kappa shape index (κ2) is 9.76. The van der Waals surface area contributed by atoms with Crippen molar-refractivity contribution in [3.8, 4) is 0 Å². The van der Waals surface area contributed by atoms with Crippen LogP contribution >= 0.6 is 0 Å². The lowest BCUT2D eigenvalue weighted by molar-refractivity contribution is -0.870. The highest BCUT2D eigenvalue weighted by Crippen LogP contribution is 2.55. The maximum Gasteiger partial charge on any atom is 0.324 e. The predicted octanol–water partition coefficient (Wildman–Crippen LogP) is -5.31. The summed E-state index contributed by atoms with van der Waals surface area (Å²) in [5.41, 5.74) is -1.17. The lowest BCUT2D eigenvalue weighted by atomic mass is 10.0. The summed E-state index contributed by atoms with van der Waals surface area (Å²) in [6.07, 6.45) is 2.07. The standard InChI is InChI=1S/C17H32N2O4.2ClH/c1-8-14-13-17(14,15(20)22-11-9-18(2,3)4)16(21)23-12-10-19(5,6)7;;/h8,14H,1,9-13H2,2-7H3;2*1H/q+2;;/p-2. The van der Waals surface area contributed by atoms with Gasteiger partial charge in [-0.2, -0.15) is 0 Å². The molecule has 0 heterocycles. The van der Waals surface area contributed by atoms with Gasteiger partial charge in [-0.1, -0.05) is 6.08 Å². The first-order valence-corrected chi connectivity index (χ1v) is 8.00. The Morgan fingerprint density at radius 2 is 1.32 bits per heavy atom. The molecule has 0 aliphatic heterocycles. The van der Waals surface area contributed by atoms with Crippen LogP contribution in [-0.2, 0) is 19.1 Å². The highest BCUT2D eigenvalue weighted by atomic mass is 35.5. The number of nitrogens with zero attached hydrogens (tertiary/aromatic N) is 2. The van der Waals surface area contributed by atoms with Gasteiger partial charge in [-0.05, 0) is 6.42 Å². The number of carbonyl (C=O) groups is 2. The van der Waals surface area contributed by atoms with Gasteiger partial charge in [0.05, 0.1) is 42.3 Å². The van der Waals surface area contributed by atoms with E-state index in [0.717, 1.165) is 0 Å². The highest BCUT2D eigenvalue weighted by Gasteiger charge is 2.67. The molecule has 0 N–H and O–H groups in total. The molecule has 1 saturated carbocycles. The fourth-order valence-corrected chi connectivity index (χ4v) is 2.21. The molecule has 0 aromatic rings. The monoisotopic (exact) mass is 398 g/mol. The number of halogens is 2. The van der Waals surface area contributed by atoms with Gasteiger partial charge < -0.3 is 43.3 Å². The Morgan fingerprint density at radius 1 is 0.960 bits per heavy atom. The Kier molecular flexibility index (Phi) is 10.3. The average Bonchev–Trinajstić information content (AvgIpc) is 3.11. The van der Waals surface area contributed by atoms with Crippen LogP contribution in [0.4, 0.5) is 0 Å². The third-order valence-electron chi connectivity index (χ3n) is 4.02. The third-order valence-corrected chi connectivity index (χ3v) is 4.02. The summed E-state index contributed by atoms with van der Waals surface area (Å²) >= 11 is 0. The summed E-state index contributed by atoms with van der Waals surface area (Å²) in [5, 5.41) is 0. The van der Waals surface area contributed by atoms with E-state index in [-0.39, 0.29) is 30.7 Å². The van der Waals surface area contributed by atoms with E-state index in [4.69, 9.17) is 9.47 Å². The maximum absolute atomic E-state index is 12.4. The van der Waals surface area contributed by atoms with Gasteiger partial charge in [0.1, 0.15) is 26.3 Å². The summed E-state index contributed by atoms with van der Waals surface area (Å²) in [7, 11) is 12.1. The second-order valence-corrected chi connectivity index (χ2v) is 8.32. The molecule has 1 aliphatic rings. The fourth-order valence-electron chi connectivity index (χ4n) is 2.21. The Labute approximate surface area is 164 Å². The molecule has 0 bridgehead atoms. The van der Waals surface area contributed by atoms with Crippen LogP contribution in [0, 0.1) is 11.3 Å². The average molecular weight is 399 g/mol. The van der Waals surface area contributed by atoms with E-state index >= 15 is 0 Å². The van der Waals surface area contributed by atoms with Gasteiger partial charge in [0.2, 0.25) is 0 Å². The third kappa shape index (κ3) is 7.94. The van der Waals surface area contributed by atoms with Gasteiger partial charge in [0.25, 0.3) is 0 Å². The first-order chi connectivity index (χ1) is 10.4. The normalized spacial score (nSPS) is 18.2. The number of likely N-dealkylation sites (N-methyl/N-ethyl adjacent to an activating group) is 2. The van der Waals surface area contributed by atoms with Crippen LogP contribution in [0.15, 0.2) is 12.7 Å². The van der Waals surface area contributed by atoms with Crippen molar-refractivity contribution in [1.82, 2.24) is 0 Å². The zero-order valence-corrected chi connectivity index (χ0v) is 17.7. The van der Waals surface area contributed by atoms with Crippen molar-refractivity contribution in [1.29, 1.82) is 0 Å². The van der Waals surface area contributed by atoms with Crippen molar-refractivity contribution >= 4 is 11.9 Å². The number of hydrogen-bond acceptors (Lipinski definition) is 4. The van der Waals surface area contributed by atoms with Gasteiger partial charge in [-0.15, -0.1) is 6.58 Å². The number of quaternary nitrogens is 2. The summed E-state index contributed by atoms with van der Waals surface area (Å²) in [4.78, 5) is 24.8. The van der Waals surface area contributed by atoms with Crippen molar-refractivity contribution in [3.63, 3.8) is 0 Å². The minimum atomic E-state index is -1.17. The number of ether oxygens (including phenoxy) is 2. The molecule has 0 aromatic heterocycles. The Bertz CT molecular complexity index is 438. The molecule has 1 fully saturated rings. The molecule has 148 valence electrons. The summed E-state index contributed by atoms with van der Waals surface area (Å²) in [5.74, 6) is -1.15. The lowest BCUT2D eigenvalue weighted by Gasteiger charge is -2.25. The van der Waals surface area contributed by atoms with Gasteiger partial charge in [0.15, 0.2) is 5.41 Å². The molecule has 1 rings (SSSR count). The molecular weight excluding hydrogens is 367 g/mol. The Morgan fingerprint density at radius 3 is 1.56 bits per heavy atom.